The Bertz CT molecular complexity index is 1030. The van der Waals surface area contributed by atoms with Crippen molar-refractivity contribution in [3.8, 4) is 6.07 Å². The Balaban J connectivity index is 1.90. The molecule has 0 N–H and O–H groups in total. The van der Waals surface area contributed by atoms with Gasteiger partial charge in [-0.1, -0.05) is 0 Å². The van der Waals surface area contributed by atoms with E-state index in [2.05, 4.69) is 11.1 Å². The van der Waals surface area contributed by atoms with E-state index in [1.54, 1.807) is 22.6 Å². The van der Waals surface area contributed by atoms with Crippen LogP contribution in [0.4, 0.5) is 5.82 Å². The highest BCUT2D eigenvalue weighted by atomic mass is 32.2. The summed E-state index contributed by atoms with van der Waals surface area (Å²) in [6.07, 6.45) is 1.66. The first kappa shape index (κ1) is 20.3. The first-order valence-corrected chi connectivity index (χ1v) is 10.8. The van der Waals surface area contributed by atoms with E-state index in [-0.39, 0.29) is 0 Å². The van der Waals surface area contributed by atoms with Gasteiger partial charge in [-0.15, -0.1) is 0 Å². The summed E-state index contributed by atoms with van der Waals surface area (Å²) in [5.74, 6) is 0.622. The van der Waals surface area contributed by atoms with E-state index in [9.17, 15) is 13.7 Å². The molecule has 28 heavy (non-hydrogen) atoms. The third-order valence-corrected chi connectivity index (χ3v) is 8.15. The van der Waals surface area contributed by atoms with Gasteiger partial charge in [-0.2, -0.15) is 9.57 Å². The number of benzene rings is 1. The molecule has 0 bridgehead atoms. The van der Waals surface area contributed by atoms with Crippen LogP contribution in [0, 0.1) is 45.9 Å². The summed E-state index contributed by atoms with van der Waals surface area (Å²) >= 11 is 0. The molecule has 2 heterocycles. The third-order valence-electron chi connectivity index (χ3n) is 5.97. The minimum Gasteiger partial charge on any atom is -0.353 e. The summed E-state index contributed by atoms with van der Waals surface area (Å²) < 4.78 is 28.5. The Morgan fingerprint density at radius 1 is 0.929 bits per heavy atom. The van der Waals surface area contributed by atoms with Gasteiger partial charge in [-0.05, 0) is 74.6 Å². The van der Waals surface area contributed by atoms with Crippen molar-refractivity contribution in [2.75, 3.05) is 31.1 Å². The minimum atomic E-state index is -3.59. The van der Waals surface area contributed by atoms with Gasteiger partial charge in [-0.3, -0.25) is 0 Å². The smallest absolute Gasteiger partial charge is 0.243 e. The lowest BCUT2D eigenvalue weighted by atomic mass is 9.95. The molecule has 1 aliphatic rings. The van der Waals surface area contributed by atoms with Crippen LogP contribution in [0.15, 0.2) is 23.2 Å². The second kappa shape index (κ2) is 7.53. The van der Waals surface area contributed by atoms with Gasteiger partial charge in [0.2, 0.25) is 10.0 Å². The first-order valence-electron chi connectivity index (χ1n) is 9.37. The van der Waals surface area contributed by atoms with E-state index in [4.69, 9.17) is 0 Å². The predicted molar refractivity (Wildman–Crippen MR) is 110 cm³/mol. The van der Waals surface area contributed by atoms with Crippen molar-refractivity contribution in [2.45, 2.75) is 39.5 Å². The lowest BCUT2D eigenvalue weighted by molar-refractivity contribution is 0.383. The Kier molecular flexibility index (Phi) is 5.46. The molecule has 2 aromatic rings. The Hall–Kier alpha value is -2.43. The van der Waals surface area contributed by atoms with E-state index < -0.39 is 10.0 Å². The van der Waals surface area contributed by atoms with Gasteiger partial charge in [0.25, 0.3) is 0 Å². The fourth-order valence-corrected chi connectivity index (χ4v) is 5.84. The van der Waals surface area contributed by atoms with Crippen molar-refractivity contribution in [2.24, 2.45) is 0 Å². The molecule has 0 unspecified atom stereocenters. The van der Waals surface area contributed by atoms with E-state index in [1.807, 2.05) is 39.5 Å². The Labute approximate surface area is 167 Å². The van der Waals surface area contributed by atoms with Gasteiger partial charge in [-0.25, -0.2) is 13.4 Å². The van der Waals surface area contributed by atoms with Crippen molar-refractivity contribution in [3.63, 3.8) is 0 Å². The molecule has 1 fully saturated rings. The standard InChI is InChI=1S/C21H26N4O2S/c1-14-15(2)17(4)20(18(5)16(14)3)28(26,27)25-11-9-24(10-12-25)21-19(13-22)7-6-8-23-21/h6-8H,9-12H2,1-5H3. The van der Waals surface area contributed by atoms with E-state index in [1.165, 1.54) is 0 Å². The number of rotatable bonds is 3. The number of hydrogen-bond donors (Lipinski definition) is 0. The minimum absolute atomic E-state index is 0.370. The van der Waals surface area contributed by atoms with Crippen LogP contribution in [0.3, 0.4) is 0 Å². The maximum atomic E-state index is 13.5. The zero-order valence-electron chi connectivity index (χ0n) is 17.1. The summed E-state index contributed by atoms with van der Waals surface area (Å²) in [7, 11) is -3.59. The highest BCUT2D eigenvalue weighted by molar-refractivity contribution is 7.89. The van der Waals surface area contributed by atoms with Gasteiger partial charge in [0.15, 0.2) is 0 Å². The molecule has 148 valence electrons. The molecule has 0 saturated carbocycles. The van der Waals surface area contributed by atoms with E-state index in [0.717, 1.165) is 27.8 Å². The molecule has 0 radical (unpaired) electrons. The molecule has 0 aliphatic carbocycles. The second-order valence-electron chi connectivity index (χ2n) is 7.33. The SMILES string of the molecule is Cc1c(C)c(C)c(S(=O)(=O)N2CCN(c3ncccc3C#N)CC2)c(C)c1C. The molecule has 1 aromatic heterocycles. The molecule has 1 aliphatic heterocycles. The van der Waals surface area contributed by atoms with Crippen LogP contribution >= 0.6 is 0 Å². The number of piperazine rings is 1. The normalized spacial score (nSPS) is 15.5. The fourth-order valence-electron chi connectivity index (χ4n) is 3.86. The van der Waals surface area contributed by atoms with Crippen LogP contribution < -0.4 is 4.90 Å². The molecular formula is C21H26N4O2S. The number of pyridine rings is 1. The van der Waals surface area contributed by atoms with Gasteiger partial charge in [0.1, 0.15) is 11.9 Å². The summed E-state index contributed by atoms with van der Waals surface area (Å²) in [5.41, 5.74) is 5.40. The third kappa shape index (κ3) is 3.27. The van der Waals surface area contributed by atoms with Crippen LogP contribution in [-0.2, 0) is 10.0 Å². The highest BCUT2D eigenvalue weighted by Crippen LogP contribution is 2.32. The molecule has 1 aromatic carbocycles. The van der Waals surface area contributed by atoms with E-state index >= 15 is 0 Å². The average Bonchev–Trinajstić information content (AvgIpc) is 2.70. The van der Waals surface area contributed by atoms with Crippen LogP contribution in [-0.4, -0.2) is 43.9 Å². The number of nitrogens with zero attached hydrogens (tertiary/aromatic N) is 4. The number of anilines is 1. The van der Waals surface area contributed by atoms with E-state index in [0.29, 0.717) is 42.5 Å². The summed E-state index contributed by atoms with van der Waals surface area (Å²) in [6.45, 7) is 11.6. The molecule has 0 atom stereocenters. The van der Waals surface area contributed by atoms with Gasteiger partial charge in [0.05, 0.1) is 10.5 Å². The molecule has 3 rings (SSSR count). The quantitative estimate of drug-likeness (QED) is 0.794. The van der Waals surface area contributed by atoms with Gasteiger partial charge in [0, 0.05) is 32.4 Å². The summed E-state index contributed by atoms with van der Waals surface area (Å²) in [5, 5.41) is 9.29. The number of hydrogen-bond acceptors (Lipinski definition) is 5. The average molecular weight is 399 g/mol. The molecule has 6 nitrogen and oxygen atoms in total. The topological polar surface area (TPSA) is 77.3 Å². The van der Waals surface area contributed by atoms with Crippen molar-refractivity contribution in [1.29, 1.82) is 5.26 Å². The Morgan fingerprint density at radius 2 is 1.46 bits per heavy atom. The maximum absolute atomic E-state index is 13.5. The van der Waals surface area contributed by atoms with Gasteiger partial charge < -0.3 is 4.90 Å². The number of sulfonamides is 1. The maximum Gasteiger partial charge on any atom is 0.243 e. The van der Waals surface area contributed by atoms with Crippen LogP contribution in [0.25, 0.3) is 0 Å². The molecule has 0 amide bonds. The largest absolute Gasteiger partial charge is 0.353 e. The lowest BCUT2D eigenvalue weighted by Gasteiger charge is -2.35. The summed E-state index contributed by atoms with van der Waals surface area (Å²) in [6, 6.07) is 5.62. The predicted octanol–water partition coefficient (Wildman–Crippen LogP) is 3.01. The van der Waals surface area contributed by atoms with Crippen LogP contribution in [0.1, 0.15) is 33.4 Å². The number of aromatic nitrogens is 1. The first-order chi connectivity index (χ1) is 13.2. The van der Waals surface area contributed by atoms with Gasteiger partial charge >= 0.3 is 0 Å². The molecule has 7 heteroatoms. The van der Waals surface area contributed by atoms with Crippen LogP contribution in [0.2, 0.25) is 0 Å². The highest BCUT2D eigenvalue weighted by Gasteiger charge is 2.33. The fraction of sp³-hybridized carbons (Fsp3) is 0.429. The van der Waals surface area contributed by atoms with Crippen molar-refractivity contribution >= 4 is 15.8 Å². The summed E-state index contributed by atoms with van der Waals surface area (Å²) in [4.78, 5) is 6.74. The van der Waals surface area contributed by atoms with Crippen molar-refractivity contribution in [1.82, 2.24) is 9.29 Å². The second-order valence-corrected chi connectivity index (χ2v) is 9.21. The molecule has 1 saturated heterocycles. The molecule has 0 spiro atoms. The zero-order chi connectivity index (χ0) is 20.6. The molecular weight excluding hydrogens is 372 g/mol. The van der Waals surface area contributed by atoms with Crippen LogP contribution in [0.5, 0.6) is 0 Å². The lowest BCUT2D eigenvalue weighted by Crippen LogP contribution is -2.49. The Morgan fingerprint density at radius 3 is 2.00 bits per heavy atom. The van der Waals surface area contributed by atoms with Crippen molar-refractivity contribution in [3.05, 3.63) is 51.7 Å². The zero-order valence-corrected chi connectivity index (χ0v) is 17.9. The monoisotopic (exact) mass is 398 g/mol. The number of nitriles is 1. The van der Waals surface area contributed by atoms with Crippen molar-refractivity contribution < 1.29 is 8.42 Å².